The second-order valence-electron chi connectivity index (χ2n) is 14.8. The minimum Gasteiger partial charge on any atom is -0.448 e. The number of carbonyl (C=O) groups is 4. The molecule has 2 aliphatic rings. The first-order valence-electron chi connectivity index (χ1n) is 20.4. The lowest BCUT2D eigenvalue weighted by atomic mass is 9.77. The molecule has 316 valence electrons. The van der Waals surface area contributed by atoms with Gasteiger partial charge >= 0.3 is 5.97 Å². The normalized spacial score (nSPS) is 16.0. The first-order valence-corrected chi connectivity index (χ1v) is 23.2. The van der Waals surface area contributed by atoms with Crippen LogP contribution in [0.5, 0.6) is 0 Å². The minimum atomic E-state index is -1.07. The molecule has 2 aromatic heterocycles. The fourth-order valence-corrected chi connectivity index (χ4v) is 10.6. The highest BCUT2D eigenvalue weighted by molar-refractivity contribution is 8.02. The third-order valence-corrected chi connectivity index (χ3v) is 13.7. The number of benzene rings is 5. The number of allylic oxidation sites excluding steroid dienone is 1. The lowest BCUT2D eigenvalue weighted by Gasteiger charge is -2.49. The maximum absolute atomic E-state index is 14.4. The molecule has 1 saturated heterocycles. The first-order chi connectivity index (χ1) is 31.4. The van der Waals surface area contributed by atoms with Gasteiger partial charge in [0.2, 0.25) is 0 Å². The summed E-state index contributed by atoms with van der Waals surface area (Å²) < 4.78 is 6.29. The standard InChI is InChI=1S/C51H39N5O5S3/c57-44(41-33-64-50(53-41)55-51(37-21-10-3-11-22-37,38-23-12-4-13-24-38)39-25-14-5-15-26-39)46(58)54-42-47(59)56-43(36(32-63-48(42)56)28-30-62-40-27-16-29-52-31-40)49(60)61-45(34-17-6-1-7-18-34)35-19-8-2-9-20-35/h1-31,33,42,45,48H,32H2,(H,53,55)(H,54,58)/t42?,48-/m0/s1. The molecule has 1 fully saturated rings. The summed E-state index contributed by atoms with van der Waals surface area (Å²) in [5.74, 6) is -2.76. The largest absolute Gasteiger partial charge is 0.448 e. The van der Waals surface area contributed by atoms with Crippen LogP contribution in [0.15, 0.2) is 209 Å². The quantitative estimate of drug-likeness (QED) is 0.0256. The van der Waals surface area contributed by atoms with Gasteiger partial charge in [-0.25, -0.2) is 9.78 Å². The average molecular weight is 898 g/mol. The van der Waals surface area contributed by atoms with Crippen molar-refractivity contribution >= 4 is 63.6 Å². The van der Waals surface area contributed by atoms with Gasteiger partial charge in [0.05, 0.1) is 0 Å². The molecule has 9 rings (SSSR count). The highest BCUT2D eigenvalue weighted by Gasteiger charge is 2.55. The summed E-state index contributed by atoms with van der Waals surface area (Å²) >= 11 is 4.01. The van der Waals surface area contributed by atoms with E-state index in [4.69, 9.17) is 4.74 Å². The Labute approximate surface area is 382 Å². The second-order valence-corrected chi connectivity index (χ2v) is 17.7. The van der Waals surface area contributed by atoms with Crippen LogP contribution >= 0.6 is 34.9 Å². The second kappa shape index (κ2) is 19.1. The molecule has 2 atom stereocenters. The third kappa shape index (κ3) is 8.65. The van der Waals surface area contributed by atoms with E-state index in [9.17, 15) is 19.2 Å². The van der Waals surface area contributed by atoms with Gasteiger partial charge in [-0.3, -0.25) is 24.3 Å². The number of nitrogens with one attached hydrogen (secondary N) is 2. The van der Waals surface area contributed by atoms with Gasteiger partial charge in [-0.15, -0.1) is 23.1 Å². The highest BCUT2D eigenvalue weighted by Crippen LogP contribution is 2.43. The lowest BCUT2D eigenvalue weighted by molar-refractivity contribution is -0.154. The Morgan fingerprint density at radius 3 is 1.88 bits per heavy atom. The number of ether oxygens (including phenoxy) is 1. The smallest absolute Gasteiger partial charge is 0.356 e. The fourth-order valence-electron chi connectivity index (χ4n) is 7.82. The van der Waals surface area contributed by atoms with Gasteiger partial charge in [0, 0.05) is 28.4 Å². The van der Waals surface area contributed by atoms with Gasteiger partial charge in [0.1, 0.15) is 28.3 Å². The monoisotopic (exact) mass is 897 g/mol. The number of hydrogen-bond donors (Lipinski definition) is 2. The first kappa shape index (κ1) is 42.3. The van der Waals surface area contributed by atoms with Crippen molar-refractivity contribution in [3.8, 4) is 0 Å². The summed E-state index contributed by atoms with van der Waals surface area (Å²) in [6.07, 6.45) is 4.47. The van der Waals surface area contributed by atoms with Crippen LogP contribution in [0.25, 0.3) is 0 Å². The van der Waals surface area contributed by atoms with Crippen LogP contribution in [-0.2, 0) is 24.7 Å². The zero-order valence-corrected chi connectivity index (χ0v) is 36.5. The topological polar surface area (TPSA) is 131 Å². The van der Waals surface area contributed by atoms with Gasteiger partial charge in [-0.05, 0) is 57.0 Å². The van der Waals surface area contributed by atoms with E-state index in [1.54, 1.807) is 18.5 Å². The van der Waals surface area contributed by atoms with E-state index in [0.717, 1.165) is 32.7 Å². The molecule has 10 nitrogen and oxygen atoms in total. The molecule has 0 saturated carbocycles. The number of aromatic nitrogens is 2. The Kier molecular flexibility index (Phi) is 12.6. The van der Waals surface area contributed by atoms with Crippen LogP contribution in [-0.4, -0.2) is 55.6 Å². The van der Waals surface area contributed by atoms with Crippen molar-refractivity contribution < 1.29 is 23.9 Å². The van der Waals surface area contributed by atoms with Crippen molar-refractivity contribution in [3.63, 3.8) is 0 Å². The van der Waals surface area contributed by atoms with Crippen LogP contribution in [0.1, 0.15) is 44.4 Å². The number of β-lactam (4-membered cyclic amide) rings is 1. The number of Topliss-reactive ketones (excluding diaryl/α,β-unsaturated/α-hetero) is 1. The summed E-state index contributed by atoms with van der Waals surface area (Å²) in [6, 6.07) is 51.4. The van der Waals surface area contributed by atoms with Crippen LogP contribution in [0.2, 0.25) is 0 Å². The number of thiazole rings is 1. The van der Waals surface area contributed by atoms with Gasteiger partial charge in [0.15, 0.2) is 11.2 Å². The molecule has 5 aromatic carbocycles. The summed E-state index contributed by atoms with van der Waals surface area (Å²) in [4.78, 5) is 67.2. The Hall–Kier alpha value is -7.06. The van der Waals surface area contributed by atoms with Crippen LogP contribution < -0.4 is 10.6 Å². The average Bonchev–Trinajstić information content (AvgIpc) is 3.83. The molecule has 2 aliphatic heterocycles. The van der Waals surface area contributed by atoms with Crippen molar-refractivity contribution in [1.82, 2.24) is 20.2 Å². The third-order valence-electron chi connectivity index (χ3n) is 10.9. The highest BCUT2D eigenvalue weighted by atomic mass is 32.2. The summed E-state index contributed by atoms with van der Waals surface area (Å²) in [6.45, 7) is 0. The number of rotatable bonds is 15. The predicted octanol–water partition coefficient (Wildman–Crippen LogP) is 9.42. The minimum absolute atomic E-state index is 0.0661. The zero-order chi connectivity index (χ0) is 43.9. The Balaban J connectivity index is 0.959. The van der Waals surface area contributed by atoms with Crippen molar-refractivity contribution in [1.29, 1.82) is 0 Å². The van der Waals surface area contributed by atoms with Crippen molar-refractivity contribution in [2.45, 2.75) is 28.0 Å². The van der Waals surface area contributed by atoms with Gasteiger partial charge in [-0.1, -0.05) is 163 Å². The summed E-state index contributed by atoms with van der Waals surface area (Å²) in [7, 11) is 0. The number of esters is 1. The maximum atomic E-state index is 14.4. The van der Waals surface area contributed by atoms with E-state index in [-0.39, 0.29) is 11.4 Å². The number of thioether (sulfide) groups is 2. The molecule has 13 heteroatoms. The van der Waals surface area contributed by atoms with Crippen molar-refractivity contribution in [2.75, 3.05) is 11.1 Å². The molecule has 64 heavy (non-hydrogen) atoms. The van der Waals surface area contributed by atoms with E-state index < -0.39 is 46.6 Å². The van der Waals surface area contributed by atoms with Crippen molar-refractivity contribution in [3.05, 3.63) is 238 Å². The van der Waals surface area contributed by atoms with E-state index in [2.05, 4.69) is 20.6 Å². The lowest BCUT2D eigenvalue weighted by Crippen LogP contribution is -2.71. The van der Waals surface area contributed by atoms with E-state index in [0.29, 0.717) is 16.5 Å². The zero-order valence-electron chi connectivity index (χ0n) is 34.0. The number of carbonyl (C=O) groups excluding carboxylic acids is 4. The van der Waals surface area contributed by atoms with E-state index >= 15 is 0 Å². The molecule has 0 aliphatic carbocycles. The van der Waals surface area contributed by atoms with Gasteiger partial charge < -0.3 is 15.4 Å². The van der Waals surface area contributed by atoms with Gasteiger partial charge in [0.25, 0.3) is 17.6 Å². The van der Waals surface area contributed by atoms with Crippen molar-refractivity contribution in [2.24, 2.45) is 0 Å². The van der Waals surface area contributed by atoms with Crippen LogP contribution in [0.4, 0.5) is 5.13 Å². The SMILES string of the molecule is O=C(NC1C(=O)N2C(C(=O)OC(c3ccccc3)c3ccccc3)=C(C=CSc3cccnc3)CS[C@@H]12)C(=O)c1csc(NC(c2ccccc2)(c2ccccc2)c2ccccc2)n1. The maximum Gasteiger partial charge on any atom is 0.356 e. The van der Waals surface area contributed by atoms with Gasteiger partial charge in [-0.2, -0.15) is 0 Å². The Morgan fingerprint density at radius 1 is 0.766 bits per heavy atom. The molecule has 2 amide bonds. The molecule has 7 aromatic rings. The fraction of sp³-hybridized carbons (Fsp3) is 0.0980. The Morgan fingerprint density at radius 2 is 1.33 bits per heavy atom. The number of fused-ring (bicyclic) bond motifs is 1. The summed E-state index contributed by atoms with van der Waals surface area (Å²) in [5, 5.41) is 9.44. The number of nitrogens with zero attached hydrogens (tertiary/aromatic N) is 3. The molecule has 1 unspecified atom stereocenters. The number of anilines is 1. The molecule has 4 heterocycles. The summed E-state index contributed by atoms with van der Waals surface area (Å²) in [5.41, 5.74) is 4.07. The molecular formula is C51H39N5O5S3. The molecular weight excluding hydrogens is 859 g/mol. The van der Waals surface area contributed by atoms with E-state index in [1.165, 1.54) is 45.1 Å². The number of ketones is 1. The predicted molar refractivity (Wildman–Crippen MR) is 251 cm³/mol. The Bertz CT molecular complexity index is 2690. The molecule has 2 N–H and O–H groups in total. The number of hydrogen-bond acceptors (Lipinski definition) is 11. The molecule has 0 bridgehead atoms. The van der Waals surface area contributed by atoms with E-state index in [1.807, 2.05) is 169 Å². The number of pyridine rings is 1. The van der Waals surface area contributed by atoms with Crippen LogP contribution in [0, 0.1) is 0 Å². The van der Waals surface area contributed by atoms with Crippen LogP contribution in [0.3, 0.4) is 0 Å². The molecule has 0 spiro atoms. The molecule has 0 radical (unpaired) electrons. The number of amides is 2.